The zero-order valence-corrected chi connectivity index (χ0v) is 22.0. The van der Waals surface area contributed by atoms with E-state index in [4.69, 9.17) is 21.1 Å². The highest BCUT2D eigenvalue weighted by Crippen LogP contribution is 2.53. The molecule has 37 heavy (non-hydrogen) atoms. The molecule has 0 fully saturated rings. The molecule has 1 unspecified atom stereocenters. The van der Waals surface area contributed by atoms with E-state index in [1.807, 2.05) is 0 Å². The Kier molecular flexibility index (Phi) is 6.89. The van der Waals surface area contributed by atoms with E-state index in [0.29, 0.717) is 5.56 Å². The van der Waals surface area contributed by atoms with Gasteiger partial charge in [0, 0.05) is 27.9 Å². The summed E-state index contributed by atoms with van der Waals surface area (Å²) in [5, 5.41) is 14.4. The number of amides is 1. The van der Waals surface area contributed by atoms with E-state index in [9.17, 15) is 23.3 Å². The summed E-state index contributed by atoms with van der Waals surface area (Å²) < 4.78 is 39.7. The van der Waals surface area contributed by atoms with Crippen molar-refractivity contribution in [3.05, 3.63) is 80.9 Å². The fourth-order valence-corrected chi connectivity index (χ4v) is 6.74. The van der Waals surface area contributed by atoms with Gasteiger partial charge in [0.2, 0.25) is 9.84 Å². The van der Waals surface area contributed by atoms with Crippen LogP contribution in [-0.4, -0.2) is 52.0 Å². The standard InChI is InChI=1S/C25H24ClN3O7S/c1-5-36-19-12-11-18-22(25(28(2)3,24(30)27-18)16-8-6-7-9-17(16)26)23(19)37(33,34)21-13-10-15(29(31)32)14-20(21)35-4/h6-14H,5H2,1-4H3,(H,27,30). The Morgan fingerprint density at radius 2 is 1.81 bits per heavy atom. The molecule has 0 aromatic heterocycles. The van der Waals surface area contributed by atoms with Crippen LogP contribution in [0, 0.1) is 10.1 Å². The maximum absolute atomic E-state index is 14.4. The van der Waals surface area contributed by atoms with E-state index in [1.165, 1.54) is 13.2 Å². The number of nitrogens with zero attached hydrogens (tertiary/aromatic N) is 2. The number of sulfone groups is 1. The number of likely N-dealkylation sites (N-methyl/N-ethyl adjacent to an activating group) is 1. The molecule has 10 nitrogen and oxygen atoms in total. The molecule has 0 aliphatic carbocycles. The van der Waals surface area contributed by atoms with Gasteiger partial charge >= 0.3 is 0 Å². The molecule has 1 aliphatic heterocycles. The molecule has 1 aliphatic rings. The molecule has 3 aromatic carbocycles. The van der Waals surface area contributed by atoms with Gasteiger partial charge in [0.15, 0.2) is 5.54 Å². The Balaban J connectivity index is 2.15. The third-order valence-electron chi connectivity index (χ3n) is 6.21. The van der Waals surface area contributed by atoms with Crippen LogP contribution < -0.4 is 14.8 Å². The van der Waals surface area contributed by atoms with E-state index >= 15 is 0 Å². The Hall–Kier alpha value is -3.67. The first kappa shape index (κ1) is 26.4. The first-order valence-corrected chi connectivity index (χ1v) is 13.0. The lowest BCUT2D eigenvalue weighted by Gasteiger charge is -2.36. The summed E-state index contributed by atoms with van der Waals surface area (Å²) >= 11 is 6.58. The first-order chi connectivity index (χ1) is 17.5. The first-order valence-electron chi connectivity index (χ1n) is 11.1. The number of non-ortho nitro benzene ring substituents is 1. The second kappa shape index (κ2) is 9.66. The number of nitro benzene ring substituents is 1. The van der Waals surface area contributed by atoms with Crippen molar-refractivity contribution in [2.24, 2.45) is 0 Å². The lowest BCUT2D eigenvalue weighted by atomic mass is 9.82. The average molecular weight is 546 g/mol. The number of ether oxygens (including phenoxy) is 2. The van der Waals surface area contributed by atoms with Crippen molar-refractivity contribution in [2.45, 2.75) is 22.3 Å². The van der Waals surface area contributed by atoms with Crippen LogP contribution in [0.1, 0.15) is 18.1 Å². The number of fused-ring (bicyclic) bond motifs is 1. The highest BCUT2D eigenvalue weighted by molar-refractivity contribution is 7.91. The number of halogens is 1. The summed E-state index contributed by atoms with van der Waals surface area (Å²) in [5.74, 6) is -0.711. The van der Waals surface area contributed by atoms with Crippen molar-refractivity contribution in [1.82, 2.24) is 4.90 Å². The molecule has 12 heteroatoms. The summed E-state index contributed by atoms with van der Waals surface area (Å²) in [4.78, 5) is 25.4. The smallest absolute Gasteiger partial charge is 0.273 e. The van der Waals surface area contributed by atoms with E-state index in [1.54, 1.807) is 56.3 Å². The number of anilines is 1. The average Bonchev–Trinajstić information content (AvgIpc) is 3.16. The summed E-state index contributed by atoms with van der Waals surface area (Å²) in [7, 11) is 0.0265. The third-order valence-corrected chi connectivity index (χ3v) is 8.40. The van der Waals surface area contributed by atoms with E-state index in [-0.39, 0.29) is 49.9 Å². The number of hydrogen-bond donors (Lipinski definition) is 1. The van der Waals surface area contributed by atoms with E-state index in [2.05, 4.69) is 5.32 Å². The molecule has 0 spiro atoms. The van der Waals surface area contributed by atoms with Gasteiger partial charge in [-0.15, -0.1) is 0 Å². The lowest BCUT2D eigenvalue weighted by Crippen LogP contribution is -2.49. The van der Waals surface area contributed by atoms with Gasteiger partial charge in [-0.1, -0.05) is 29.8 Å². The summed E-state index contributed by atoms with van der Waals surface area (Å²) in [5.41, 5.74) is -1.21. The quantitative estimate of drug-likeness (QED) is 0.329. The minimum Gasteiger partial charge on any atom is -0.495 e. The number of methoxy groups -OCH3 is 1. The minimum absolute atomic E-state index is 0.0106. The van der Waals surface area contributed by atoms with Crippen molar-refractivity contribution in [2.75, 3.05) is 33.1 Å². The molecule has 1 atom stereocenters. The highest BCUT2D eigenvalue weighted by atomic mass is 35.5. The molecule has 0 radical (unpaired) electrons. The van der Waals surface area contributed by atoms with E-state index in [0.717, 1.165) is 18.2 Å². The van der Waals surface area contributed by atoms with Crippen LogP contribution in [0.5, 0.6) is 11.5 Å². The topological polar surface area (TPSA) is 128 Å². The van der Waals surface area contributed by atoms with Gasteiger partial charge in [0.25, 0.3) is 11.6 Å². The number of benzene rings is 3. The van der Waals surface area contributed by atoms with Gasteiger partial charge in [0.1, 0.15) is 21.3 Å². The molecule has 0 saturated heterocycles. The van der Waals surface area contributed by atoms with Gasteiger partial charge in [-0.3, -0.25) is 19.8 Å². The van der Waals surface area contributed by atoms with Crippen LogP contribution in [0.4, 0.5) is 11.4 Å². The minimum atomic E-state index is -4.49. The maximum atomic E-state index is 14.4. The van der Waals surface area contributed by atoms with Gasteiger partial charge < -0.3 is 14.8 Å². The largest absolute Gasteiger partial charge is 0.495 e. The normalized spacial score (nSPS) is 16.9. The van der Waals surface area contributed by atoms with Crippen LogP contribution in [0.15, 0.2) is 64.4 Å². The molecule has 194 valence electrons. The van der Waals surface area contributed by atoms with Gasteiger partial charge in [0.05, 0.1) is 24.7 Å². The molecule has 0 saturated carbocycles. The molecule has 1 heterocycles. The van der Waals surface area contributed by atoms with Gasteiger partial charge in [-0.25, -0.2) is 8.42 Å². The van der Waals surface area contributed by atoms with Crippen LogP contribution in [0.25, 0.3) is 0 Å². The molecule has 0 bridgehead atoms. The van der Waals surface area contributed by atoms with Crippen LogP contribution in [0.2, 0.25) is 5.02 Å². The van der Waals surface area contributed by atoms with Crippen molar-refractivity contribution in [1.29, 1.82) is 0 Å². The highest BCUT2D eigenvalue weighted by Gasteiger charge is 2.55. The molecule has 1 N–H and O–H groups in total. The van der Waals surface area contributed by atoms with Crippen molar-refractivity contribution in [3.63, 3.8) is 0 Å². The Labute approximate surface area is 218 Å². The molecule has 4 rings (SSSR count). The van der Waals surface area contributed by atoms with Crippen LogP contribution >= 0.6 is 11.6 Å². The van der Waals surface area contributed by atoms with Gasteiger partial charge in [-0.05, 0) is 45.3 Å². The lowest BCUT2D eigenvalue weighted by molar-refractivity contribution is -0.385. The van der Waals surface area contributed by atoms with Crippen molar-refractivity contribution in [3.8, 4) is 11.5 Å². The van der Waals surface area contributed by atoms with Crippen molar-refractivity contribution < 1.29 is 27.6 Å². The third kappa shape index (κ3) is 3.99. The summed E-state index contributed by atoms with van der Waals surface area (Å²) in [6.07, 6.45) is 0. The molecule has 3 aromatic rings. The summed E-state index contributed by atoms with van der Waals surface area (Å²) in [6, 6.07) is 13.0. The Morgan fingerprint density at radius 1 is 1.11 bits per heavy atom. The predicted molar refractivity (Wildman–Crippen MR) is 137 cm³/mol. The predicted octanol–water partition coefficient (Wildman–Crippen LogP) is 4.25. The van der Waals surface area contributed by atoms with Gasteiger partial charge in [-0.2, -0.15) is 0 Å². The number of carbonyl (C=O) groups is 1. The number of rotatable bonds is 8. The SMILES string of the molecule is CCOc1ccc2c(c1S(=O)(=O)c1ccc([N+](=O)[O-])cc1OC)C(c1ccccc1Cl)(N(C)C)C(=O)N2. The number of nitro groups is 1. The second-order valence-corrected chi connectivity index (χ2v) is 10.6. The molecular formula is C25H24ClN3O7S. The number of hydrogen-bond acceptors (Lipinski definition) is 8. The number of nitrogens with one attached hydrogen (secondary N) is 1. The Morgan fingerprint density at radius 3 is 2.41 bits per heavy atom. The second-order valence-electron chi connectivity index (χ2n) is 8.38. The van der Waals surface area contributed by atoms with Crippen LogP contribution in [-0.2, 0) is 20.2 Å². The monoisotopic (exact) mass is 545 g/mol. The number of carbonyl (C=O) groups excluding carboxylic acids is 1. The Bertz CT molecular complexity index is 1520. The fraction of sp³-hybridized carbons (Fsp3) is 0.240. The van der Waals surface area contributed by atoms with Crippen LogP contribution in [0.3, 0.4) is 0 Å². The summed E-state index contributed by atoms with van der Waals surface area (Å²) in [6.45, 7) is 1.84. The maximum Gasteiger partial charge on any atom is 0.273 e. The molecular weight excluding hydrogens is 522 g/mol. The molecule has 1 amide bonds. The zero-order chi connectivity index (χ0) is 27.1. The van der Waals surface area contributed by atoms with Crippen molar-refractivity contribution >= 4 is 38.7 Å². The zero-order valence-electron chi connectivity index (χ0n) is 20.4. The fourth-order valence-electron chi connectivity index (χ4n) is 4.67. The van der Waals surface area contributed by atoms with E-state index < -0.39 is 26.2 Å².